The fourth-order valence-corrected chi connectivity index (χ4v) is 6.93. The molecule has 0 aromatic carbocycles. The van der Waals surface area contributed by atoms with Crippen LogP contribution in [0.5, 0.6) is 0 Å². The van der Waals surface area contributed by atoms with Gasteiger partial charge in [0.2, 0.25) is 5.95 Å². The molecule has 2 aromatic heterocycles. The first-order chi connectivity index (χ1) is 18.5. The number of aliphatic hydroxyl groups is 1. The van der Waals surface area contributed by atoms with Crippen LogP contribution in [0.1, 0.15) is 114 Å². The Morgan fingerprint density at radius 1 is 1.08 bits per heavy atom. The van der Waals surface area contributed by atoms with Gasteiger partial charge in [-0.25, -0.2) is 9.50 Å². The van der Waals surface area contributed by atoms with Gasteiger partial charge in [-0.15, -0.1) is 5.10 Å². The van der Waals surface area contributed by atoms with Crippen molar-refractivity contribution in [3.63, 3.8) is 0 Å². The number of unbranched alkanes of at least 4 members (excludes halogenated alkanes) is 2. The second-order valence-electron chi connectivity index (χ2n) is 12.1. The Balaban J connectivity index is 1.33. The van der Waals surface area contributed by atoms with E-state index in [1.54, 1.807) is 0 Å². The minimum atomic E-state index is -0.150. The van der Waals surface area contributed by atoms with Gasteiger partial charge in [0.1, 0.15) is 0 Å². The third kappa shape index (κ3) is 6.36. The SMILES string of the molecule is C=C(C1CCC(c2cc(C3CCC(O)CC3)n3nc(N[C@@H](C)CCCCC)ncc23)CC1)N1CCOCC1. The Bertz CT molecular complexity index is 1050. The van der Waals surface area contributed by atoms with Crippen LogP contribution in [0.15, 0.2) is 24.5 Å². The van der Waals surface area contributed by atoms with Crippen molar-refractivity contribution in [2.75, 3.05) is 31.6 Å². The van der Waals surface area contributed by atoms with Gasteiger partial charge in [0, 0.05) is 36.4 Å². The molecular formula is C31H49N5O2. The van der Waals surface area contributed by atoms with Crippen LogP contribution in [-0.2, 0) is 4.74 Å². The van der Waals surface area contributed by atoms with Crippen LogP contribution in [0.2, 0.25) is 0 Å². The van der Waals surface area contributed by atoms with Gasteiger partial charge in [-0.3, -0.25) is 0 Å². The molecule has 5 rings (SSSR count). The van der Waals surface area contributed by atoms with E-state index in [2.05, 4.69) is 47.4 Å². The Morgan fingerprint density at radius 2 is 1.79 bits per heavy atom. The van der Waals surface area contributed by atoms with Crippen LogP contribution < -0.4 is 5.32 Å². The average Bonchev–Trinajstić information content (AvgIpc) is 3.32. The minimum Gasteiger partial charge on any atom is -0.393 e. The number of allylic oxidation sites excluding steroid dienone is 1. The second-order valence-corrected chi connectivity index (χ2v) is 12.1. The second kappa shape index (κ2) is 12.8. The van der Waals surface area contributed by atoms with Gasteiger partial charge in [-0.2, -0.15) is 0 Å². The molecule has 1 atom stereocenters. The summed E-state index contributed by atoms with van der Waals surface area (Å²) in [6.07, 6.45) is 15.4. The highest BCUT2D eigenvalue weighted by Gasteiger charge is 2.31. The molecule has 38 heavy (non-hydrogen) atoms. The van der Waals surface area contributed by atoms with Gasteiger partial charge in [-0.1, -0.05) is 32.8 Å². The summed E-state index contributed by atoms with van der Waals surface area (Å²) in [6, 6.07) is 2.81. The van der Waals surface area contributed by atoms with Crippen molar-refractivity contribution in [1.82, 2.24) is 19.5 Å². The third-order valence-electron chi connectivity index (χ3n) is 9.36. The molecule has 2 aromatic rings. The molecule has 1 saturated heterocycles. The topological polar surface area (TPSA) is 74.9 Å². The van der Waals surface area contributed by atoms with Crippen molar-refractivity contribution >= 4 is 11.5 Å². The number of rotatable bonds is 10. The first-order valence-electron chi connectivity index (χ1n) is 15.4. The van der Waals surface area contributed by atoms with E-state index >= 15 is 0 Å². The predicted molar refractivity (Wildman–Crippen MR) is 154 cm³/mol. The molecule has 3 heterocycles. The maximum Gasteiger partial charge on any atom is 0.241 e. The minimum absolute atomic E-state index is 0.150. The monoisotopic (exact) mass is 523 g/mol. The summed E-state index contributed by atoms with van der Waals surface area (Å²) >= 11 is 0. The summed E-state index contributed by atoms with van der Waals surface area (Å²) in [5.41, 5.74) is 5.22. The van der Waals surface area contributed by atoms with Crippen molar-refractivity contribution < 1.29 is 9.84 Å². The lowest BCUT2D eigenvalue weighted by Gasteiger charge is -2.37. The van der Waals surface area contributed by atoms with Gasteiger partial charge in [-0.05, 0) is 88.2 Å². The standard InChI is InChI=1S/C31H49N5O2/c1-4-5-6-7-22(2)33-31-32-21-30-28(20-29(36(30)34-31)26-12-14-27(37)15-13-26)25-10-8-24(9-11-25)23(3)35-16-18-38-19-17-35/h20-22,24-27,37H,3-19H2,1-2H3,(H,33,34)/t22-,24?,25?,26?,27?/m0/s1. The lowest BCUT2D eigenvalue weighted by molar-refractivity contribution is 0.0469. The molecule has 1 aliphatic heterocycles. The molecule has 7 heteroatoms. The summed E-state index contributed by atoms with van der Waals surface area (Å²) in [5.74, 6) is 2.30. The Hall–Kier alpha value is -2.12. The van der Waals surface area contributed by atoms with E-state index in [4.69, 9.17) is 14.8 Å². The van der Waals surface area contributed by atoms with Gasteiger partial charge >= 0.3 is 0 Å². The molecule has 0 unspecified atom stereocenters. The molecule has 3 fully saturated rings. The predicted octanol–water partition coefficient (Wildman–Crippen LogP) is 6.25. The number of anilines is 1. The van der Waals surface area contributed by atoms with E-state index in [0.717, 1.165) is 64.4 Å². The highest BCUT2D eigenvalue weighted by Crippen LogP contribution is 2.43. The number of nitrogens with one attached hydrogen (secondary N) is 1. The number of fused-ring (bicyclic) bond motifs is 1. The summed E-state index contributed by atoms with van der Waals surface area (Å²) in [6.45, 7) is 12.6. The van der Waals surface area contributed by atoms with Gasteiger partial charge in [0.15, 0.2) is 0 Å². The molecule has 0 spiro atoms. The number of ether oxygens (including phenoxy) is 1. The molecular weight excluding hydrogens is 474 g/mol. The van der Waals surface area contributed by atoms with Crippen LogP contribution >= 0.6 is 0 Å². The van der Waals surface area contributed by atoms with Gasteiger partial charge < -0.3 is 20.1 Å². The quantitative estimate of drug-likeness (QED) is 0.359. The Kier molecular flexibility index (Phi) is 9.26. The zero-order valence-electron chi connectivity index (χ0n) is 23.7. The lowest BCUT2D eigenvalue weighted by Crippen LogP contribution is -2.38. The van der Waals surface area contributed by atoms with Crippen molar-refractivity contribution in [2.24, 2.45) is 5.92 Å². The van der Waals surface area contributed by atoms with Crippen molar-refractivity contribution in [2.45, 2.75) is 115 Å². The third-order valence-corrected chi connectivity index (χ3v) is 9.36. The van der Waals surface area contributed by atoms with Crippen LogP contribution in [0, 0.1) is 5.92 Å². The number of hydrogen-bond donors (Lipinski definition) is 2. The van der Waals surface area contributed by atoms with Crippen LogP contribution in [0.3, 0.4) is 0 Å². The van der Waals surface area contributed by atoms with E-state index in [9.17, 15) is 5.11 Å². The van der Waals surface area contributed by atoms with Crippen molar-refractivity contribution in [3.05, 3.63) is 35.8 Å². The van der Waals surface area contributed by atoms with E-state index in [1.165, 1.54) is 67.4 Å². The Labute approximate surface area is 229 Å². The molecule has 2 aliphatic carbocycles. The first-order valence-corrected chi connectivity index (χ1v) is 15.4. The zero-order chi connectivity index (χ0) is 26.5. The average molecular weight is 524 g/mol. The molecule has 3 aliphatic rings. The van der Waals surface area contributed by atoms with Gasteiger partial charge in [0.25, 0.3) is 0 Å². The summed E-state index contributed by atoms with van der Waals surface area (Å²) < 4.78 is 7.75. The summed E-state index contributed by atoms with van der Waals surface area (Å²) in [7, 11) is 0. The largest absolute Gasteiger partial charge is 0.393 e. The molecule has 0 bridgehead atoms. The molecule has 2 saturated carbocycles. The highest BCUT2D eigenvalue weighted by atomic mass is 16.5. The maximum atomic E-state index is 10.1. The van der Waals surface area contributed by atoms with Gasteiger partial charge in [0.05, 0.1) is 31.0 Å². The van der Waals surface area contributed by atoms with Crippen molar-refractivity contribution in [3.8, 4) is 0 Å². The molecule has 210 valence electrons. The molecule has 0 amide bonds. The van der Waals surface area contributed by atoms with E-state index < -0.39 is 0 Å². The molecule has 7 nitrogen and oxygen atoms in total. The molecule has 0 radical (unpaired) electrons. The van der Waals surface area contributed by atoms with Crippen LogP contribution in [-0.4, -0.2) is 63.1 Å². The van der Waals surface area contributed by atoms with Crippen LogP contribution in [0.25, 0.3) is 5.52 Å². The normalized spacial score (nSPS) is 27.4. The lowest BCUT2D eigenvalue weighted by atomic mass is 9.77. The fourth-order valence-electron chi connectivity index (χ4n) is 6.93. The van der Waals surface area contributed by atoms with Crippen LogP contribution in [0.4, 0.5) is 5.95 Å². The maximum absolute atomic E-state index is 10.1. The number of aromatic nitrogens is 3. The summed E-state index contributed by atoms with van der Waals surface area (Å²) in [5, 5.41) is 18.8. The number of hydrogen-bond acceptors (Lipinski definition) is 6. The zero-order valence-corrected chi connectivity index (χ0v) is 23.7. The first kappa shape index (κ1) is 27.4. The van der Waals surface area contributed by atoms with Crippen molar-refractivity contribution in [1.29, 1.82) is 0 Å². The van der Waals surface area contributed by atoms with E-state index in [0.29, 0.717) is 23.8 Å². The smallest absolute Gasteiger partial charge is 0.241 e. The summed E-state index contributed by atoms with van der Waals surface area (Å²) in [4.78, 5) is 7.24. The number of aliphatic hydroxyl groups excluding tert-OH is 1. The van der Waals surface area contributed by atoms with E-state index in [1.807, 2.05) is 0 Å². The number of nitrogens with zero attached hydrogens (tertiary/aromatic N) is 4. The van der Waals surface area contributed by atoms with E-state index in [-0.39, 0.29) is 6.10 Å². The highest BCUT2D eigenvalue weighted by molar-refractivity contribution is 5.58. The number of morpholine rings is 1. The fraction of sp³-hybridized carbons (Fsp3) is 0.742. The molecule has 2 N–H and O–H groups in total. The Morgan fingerprint density at radius 3 is 2.50 bits per heavy atom.